The van der Waals surface area contributed by atoms with Crippen LogP contribution in [0.1, 0.15) is 37.7 Å². The molecule has 0 radical (unpaired) electrons. The zero-order valence-corrected chi connectivity index (χ0v) is 18.2. The van der Waals surface area contributed by atoms with Gasteiger partial charge in [-0.05, 0) is 56.5 Å². The Balaban J connectivity index is 2.14. The average molecular weight is 410 g/mol. The molecule has 2 heterocycles. The number of halogens is 1. The van der Waals surface area contributed by atoms with Gasteiger partial charge < -0.3 is 14.2 Å². The van der Waals surface area contributed by atoms with Crippen LogP contribution in [-0.4, -0.2) is 35.0 Å². The van der Waals surface area contributed by atoms with E-state index in [1.807, 2.05) is 33.8 Å². The molecule has 0 fully saturated rings. The van der Waals surface area contributed by atoms with Crippen LogP contribution in [0.4, 0.5) is 4.39 Å². The number of para-hydroxylation sites is 1. The summed E-state index contributed by atoms with van der Waals surface area (Å²) >= 11 is 0. The van der Waals surface area contributed by atoms with E-state index in [9.17, 15) is 14.0 Å². The molecule has 0 atom stereocenters. The van der Waals surface area contributed by atoms with E-state index in [-0.39, 0.29) is 23.2 Å². The van der Waals surface area contributed by atoms with Gasteiger partial charge in [0.25, 0.3) is 5.91 Å². The van der Waals surface area contributed by atoms with Crippen LogP contribution in [0.25, 0.3) is 11.8 Å². The van der Waals surface area contributed by atoms with E-state index in [2.05, 4.69) is 0 Å². The fraction of sp³-hybridized carbons (Fsp3) is 0.333. The summed E-state index contributed by atoms with van der Waals surface area (Å²) < 4.78 is 21.1. The molecule has 158 valence electrons. The number of aryl methyl sites for hydroxylation is 1. The quantitative estimate of drug-likeness (QED) is 0.536. The van der Waals surface area contributed by atoms with Crippen molar-refractivity contribution in [2.75, 3.05) is 13.7 Å². The minimum absolute atomic E-state index is 0.225. The smallest absolute Gasteiger partial charge is 0.340 e. The van der Waals surface area contributed by atoms with Gasteiger partial charge in [0.15, 0.2) is 0 Å². The van der Waals surface area contributed by atoms with E-state index < -0.39 is 5.97 Å². The number of benzene rings is 1. The van der Waals surface area contributed by atoms with Gasteiger partial charge in [0.2, 0.25) is 0 Å². The maximum atomic E-state index is 14.4. The molecule has 0 aliphatic carbocycles. The van der Waals surface area contributed by atoms with Gasteiger partial charge in [-0.15, -0.1) is 0 Å². The fourth-order valence-electron chi connectivity index (χ4n) is 3.91. The van der Waals surface area contributed by atoms with Gasteiger partial charge >= 0.3 is 5.97 Å². The number of ether oxygens (including phenoxy) is 1. The van der Waals surface area contributed by atoms with Crippen molar-refractivity contribution in [3.05, 3.63) is 69.9 Å². The summed E-state index contributed by atoms with van der Waals surface area (Å²) in [5.74, 6) is -0.851. The van der Waals surface area contributed by atoms with Crippen LogP contribution in [0.2, 0.25) is 0 Å². The molecule has 0 saturated carbocycles. The molecule has 0 unspecified atom stereocenters. The number of aromatic nitrogens is 1. The Morgan fingerprint density at radius 2 is 1.87 bits per heavy atom. The highest BCUT2D eigenvalue weighted by Gasteiger charge is 2.37. The molecule has 0 saturated heterocycles. The van der Waals surface area contributed by atoms with Crippen LogP contribution in [0, 0.1) is 25.6 Å². The zero-order valence-electron chi connectivity index (χ0n) is 18.2. The van der Waals surface area contributed by atoms with Crippen LogP contribution in [0.5, 0.6) is 0 Å². The molecule has 0 bridgehead atoms. The summed E-state index contributed by atoms with van der Waals surface area (Å²) in [5.41, 5.74) is 3.97. The molecule has 0 N–H and O–H groups in total. The van der Waals surface area contributed by atoms with Crippen molar-refractivity contribution in [2.45, 2.75) is 34.6 Å². The van der Waals surface area contributed by atoms with Gasteiger partial charge in [0, 0.05) is 23.6 Å². The van der Waals surface area contributed by atoms with Gasteiger partial charge in [-0.1, -0.05) is 26.0 Å². The standard InChI is InChI=1S/C24H27FN2O3/c1-14(2)13-26-17(5)22(24(29)30-6)19(23(26)28)12-18-11-15(3)27(16(18)4)21-10-8-7-9-20(21)25/h7-12,14H,13H2,1-6H3/b19-12-. The van der Waals surface area contributed by atoms with Crippen molar-refractivity contribution < 1.29 is 18.7 Å². The lowest BCUT2D eigenvalue weighted by Crippen LogP contribution is -2.28. The van der Waals surface area contributed by atoms with Gasteiger partial charge in [-0.3, -0.25) is 4.79 Å². The summed E-state index contributed by atoms with van der Waals surface area (Å²) in [6.45, 7) is 10.0. The van der Waals surface area contributed by atoms with Crippen LogP contribution < -0.4 is 0 Å². The molecule has 1 amide bonds. The van der Waals surface area contributed by atoms with Gasteiger partial charge in [0.05, 0.1) is 23.9 Å². The number of carbonyl (C=O) groups excluding carboxylic acids is 2. The molecular formula is C24H27FN2O3. The first-order chi connectivity index (χ1) is 14.2. The van der Waals surface area contributed by atoms with E-state index in [0.29, 0.717) is 23.5 Å². The molecule has 1 aromatic carbocycles. The second-order valence-electron chi connectivity index (χ2n) is 7.93. The number of esters is 1. The number of carbonyl (C=O) groups is 2. The Hall–Kier alpha value is -3.15. The molecule has 1 aliphatic rings. The van der Waals surface area contributed by atoms with Gasteiger partial charge in [-0.25, -0.2) is 9.18 Å². The van der Waals surface area contributed by atoms with E-state index in [4.69, 9.17) is 4.74 Å². The third-order valence-corrected chi connectivity index (χ3v) is 5.31. The summed E-state index contributed by atoms with van der Waals surface area (Å²) in [5, 5.41) is 0. The first-order valence-corrected chi connectivity index (χ1v) is 9.94. The van der Waals surface area contributed by atoms with Gasteiger partial charge in [-0.2, -0.15) is 0 Å². The van der Waals surface area contributed by atoms with E-state index in [0.717, 1.165) is 17.0 Å². The molecule has 3 rings (SSSR count). The van der Waals surface area contributed by atoms with Crippen LogP contribution in [0.3, 0.4) is 0 Å². The van der Waals surface area contributed by atoms with Crippen LogP contribution in [0.15, 0.2) is 47.2 Å². The highest BCUT2D eigenvalue weighted by molar-refractivity contribution is 6.16. The number of methoxy groups -OCH3 is 1. The van der Waals surface area contributed by atoms with Crippen molar-refractivity contribution in [3.8, 4) is 5.69 Å². The third-order valence-electron chi connectivity index (χ3n) is 5.31. The highest BCUT2D eigenvalue weighted by atomic mass is 19.1. The molecule has 2 aromatic rings. The average Bonchev–Trinajstić information content (AvgIpc) is 3.09. The third kappa shape index (κ3) is 3.70. The maximum Gasteiger partial charge on any atom is 0.340 e. The molecule has 1 aromatic heterocycles. The lowest BCUT2D eigenvalue weighted by molar-refractivity contribution is -0.136. The van der Waals surface area contributed by atoms with E-state index >= 15 is 0 Å². The Kier molecular flexibility index (Phi) is 5.97. The van der Waals surface area contributed by atoms with E-state index in [1.54, 1.807) is 40.7 Å². The number of nitrogens with zero attached hydrogens (tertiary/aromatic N) is 2. The fourth-order valence-corrected chi connectivity index (χ4v) is 3.91. The summed E-state index contributed by atoms with van der Waals surface area (Å²) in [6.07, 6.45) is 1.71. The van der Waals surface area contributed by atoms with Crippen molar-refractivity contribution in [3.63, 3.8) is 0 Å². The number of allylic oxidation sites excluding steroid dienone is 1. The second-order valence-corrected chi connectivity index (χ2v) is 7.93. The van der Waals surface area contributed by atoms with Crippen molar-refractivity contribution >= 4 is 18.0 Å². The topological polar surface area (TPSA) is 51.5 Å². The van der Waals surface area contributed by atoms with Crippen LogP contribution >= 0.6 is 0 Å². The largest absolute Gasteiger partial charge is 0.465 e. The molecule has 30 heavy (non-hydrogen) atoms. The number of rotatable bonds is 5. The molecule has 0 spiro atoms. The Morgan fingerprint density at radius 3 is 2.47 bits per heavy atom. The minimum atomic E-state index is -0.540. The first-order valence-electron chi connectivity index (χ1n) is 9.94. The molecule has 5 nitrogen and oxygen atoms in total. The monoisotopic (exact) mass is 410 g/mol. The number of amides is 1. The van der Waals surface area contributed by atoms with Crippen molar-refractivity contribution in [1.82, 2.24) is 9.47 Å². The Labute approximate surface area is 176 Å². The van der Waals surface area contributed by atoms with Crippen molar-refractivity contribution in [1.29, 1.82) is 0 Å². The molecule has 1 aliphatic heterocycles. The summed E-state index contributed by atoms with van der Waals surface area (Å²) in [7, 11) is 1.31. The predicted octanol–water partition coefficient (Wildman–Crippen LogP) is 4.56. The first kappa shape index (κ1) is 21.6. The van der Waals surface area contributed by atoms with Crippen LogP contribution in [-0.2, 0) is 14.3 Å². The normalized spacial score (nSPS) is 15.7. The summed E-state index contributed by atoms with van der Waals surface area (Å²) in [6, 6.07) is 8.44. The lowest BCUT2D eigenvalue weighted by Gasteiger charge is -2.19. The maximum absolute atomic E-state index is 14.4. The lowest BCUT2D eigenvalue weighted by atomic mass is 10.0. The highest BCUT2D eigenvalue weighted by Crippen LogP contribution is 2.33. The Bertz CT molecular complexity index is 1080. The predicted molar refractivity (Wildman–Crippen MR) is 114 cm³/mol. The van der Waals surface area contributed by atoms with Gasteiger partial charge in [0.1, 0.15) is 5.82 Å². The molecular weight excluding hydrogens is 383 g/mol. The minimum Gasteiger partial charge on any atom is -0.465 e. The van der Waals surface area contributed by atoms with Crippen molar-refractivity contribution in [2.24, 2.45) is 5.92 Å². The van der Waals surface area contributed by atoms with E-state index in [1.165, 1.54) is 13.2 Å². The second kappa shape index (κ2) is 8.30. The molecule has 6 heteroatoms. The number of hydrogen-bond acceptors (Lipinski definition) is 3. The Morgan fingerprint density at radius 1 is 1.20 bits per heavy atom. The number of hydrogen-bond donors (Lipinski definition) is 0. The SMILES string of the molecule is COC(=O)C1=C(C)N(CC(C)C)C(=O)/C1=C\c1cc(C)n(-c2ccccc2F)c1C. The summed E-state index contributed by atoms with van der Waals surface area (Å²) in [4.78, 5) is 27.2. The zero-order chi connectivity index (χ0) is 22.2.